The number of hydrogen-bond acceptors (Lipinski definition) is 4. The molecule has 0 aliphatic carbocycles. The lowest BCUT2D eigenvalue weighted by Gasteiger charge is -2.35. The summed E-state index contributed by atoms with van der Waals surface area (Å²) in [7, 11) is 1.74. The molecule has 136 valence electrons. The smallest absolute Gasteiger partial charge is 0.122 e. The van der Waals surface area contributed by atoms with Crippen LogP contribution in [0.5, 0.6) is 5.75 Å². The summed E-state index contributed by atoms with van der Waals surface area (Å²) in [5, 5.41) is 9.42. The molecule has 0 unspecified atom stereocenters. The van der Waals surface area contributed by atoms with E-state index in [0.717, 1.165) is 38.3 Å². The van der Waals surface area contributed by atoms with Crippen molar-refractivity contribution < 1.29 is 9.84 Å². The van der Waals surface area contributed by atoms with Gasteiger partial charge in [-0.05, 0) is 49.9 Å². The summed E-state index contributed by atoms with van der Waals surface area (Å²) in [4.78, 5) is 7.16. The first-order valence-electron chi connectivity index (χ1n) is 9.27. The molecule has 2 aromatic rings. The second-order valence-corrected chi connectivity index (χ2v) is 6.85. The Kier molecular flexibility index (Phi) is 6.48. The number of imidazole rings is 1. The quantitative estimate of drug-likeness (QED) is 0.799. The van der Waals surface area contributed by atoms with Crippen molar-refractivity contribution in [1.29, 1.82) is 0 Å². The molecule has 1 atom stereocenters. The monoisotopic (exact) mass is 343 g/mol. The van der Waals surface area contributed by atoms with Gasteiger partial charge in [-0.1, -0.05) is 18.6 Å². The van der Waals surface area contributed by atoms with Crippen LogP contribution in [0.1, 0.15) is 37.1 Å². The Morgan fingerprint density at radius 1 is 1.24 bits per heavy atom. The van der Waals surface area contributed by atoms with E-state index in [4.69, 9.17) is 4.74 Å². The fraction of sp³-hybridized carbons (Fsp3) is 0.550. The van der Waals surface area contributed by atoms with E-state index in [-0.39, 0.29) is 0 Å². The predicted molar refractivity (Wildman–Crippen MR) is 98.6 cm³/mol. The Morgan fingerprint density at radius 3 is 2.88 bits per heavy atom. The number of phenols is 1. The number of hydrogen-bond donors (Lipinski definition) is 1. The van der Waals surface area contributed by atoms with Crippen molar-refractivity contribution in [1.82, 2.24) is 14.5 Å². The lowest BCUT2D eigenvalue weighted by Crippen LogP contribution is -2.40. The maximum atomic E-state index is 9.42. The summed E-state index contributed by atoms with van der Waals surface area (Å²) in [6, 6.07) is 8.22. The van der Waals surface area contributed by atoms with Gasteiger partial charge >= 0.3 is 0 Å². The third kappa shape index (κ3) is 5.06. The molecule has 0 radical (unpaired) electrons. The van der Waals surface area contributed by atoms with Crippen LogP contribution >= 0.6 is 0 Å². The number of phenolic OH excluding ortho intramolecular Hbond substituents is 1. The zero-order valence-electron chi connectivity index (χ0n) is 15.1. The average molecular weight is 343 g/mol. The average Bonchev–Trinajstić information content (AvgIpc) is 3.07. The zero-order valence-corrected chi connectivity index (χ0v) is 15.1. The van der Waals surface area contributed by atoms with Crippen molar-refractivity contribution in [2.75, 3.05) is 20.3 Å². The van der Waals surface area contributed by atoms with Crippen LogP contribution in [-0.2, 0) is 24.2 Å². The largest absolute Gasteiger partial charge is 0.508 e. The van der Waals surface area contributed by atoms with Crippen LogP contribution < -0.4 is 0 Å². The van der Waals surface area contributed by atoms with Crippen molar-refractivity contribution in [2.45, 2.75) is 51.2 Å². The number of rotatable bonds is 8. The highest BCUT2D eigenvalue weighted by atomic mass is 16.5. The normalized spacial score (nSPS) is 18.5. The van der Waals surface area contributed by atoms with Gasteiger partial charge in [0, 0.05) is 32.1 Å². The number of likely N-dealkylation sites (tertiary alicyclic amines) is 1. The van der Waals surface area contributed by atoms with Crippen LogP contribution in [0, 0.1) is 0 Å². The Balaban J connectivity index is 1.59. The molecule has 1 aliphatic heterocycles. The summed E-state index contributed by atoms with van der Waals surface area (Å²) in [6.45, 7) is 3.64. The summed E-state index contributed by atoms with van der Waals surface area (Å²) >= 11 is 0. The van der Waals surface area contributed by atoms with E-state index in [9.17, 15) is 5.11 Å². The molecule has 3 rings (SSSR count). The molecule has 5 nitrogen and oxygen atoms in total. The first-order chi connectivity index (χ1) is 12.3. The summed E-state index contributed by atoms with van der Waals surface area (Å²) in [6.07, 6.45) is 9.99. The molecule has 1 saturated heterocycles. The lowest BCUT2D eigenvalue weighted by atomic mass is 9.96. The van der Waals surface area contributed by atoms with E-state index < -0.39 is 0 Å². The van der Waals surface area contributed by atoms with Gasteiger partial charge in [-0.2, -0.15) is 0 Å². The van der Waals surface area contributed by atoms with E-state index in [1.807, 2.05) is 24.5 Å². The molecule has 0 saturated carbocycles. The number of piperidine rings is 1. The maximum Gasteiger partial charge on any atom is 0.122 e. The van der Waals surface area contributed by atoms with Gasteiger partial charge in [-0.25, -0.2) is 4.98 Å². The Morgan fingerprint density at radius 2 is 2.08 bits per heavy atom. The standard InChI is InChI=1S/C20H29N3O2/c1-25-15-14-22-13-11-21-20(22)16-23-12-3-2-4-18(23)8-5-17-6-9-19(24)10-7-17/h6-7,9-11,13,18,24H,2-5,8,12,14-16H2,1H3/t18-/m0/s1. The third-order valence-corrected chi connectivity index (χ3v) is 5.13. The van der Waals surface area contributed by atoms with Crippen LogP contribution in [-0.4, -0.2) is 45.9 Å². The molecule has 0 amide bonds. The van der Waals surface area contributed by atoms with Crippen molar-refractivity contribution in [3.8, 4) is 5.75 Å². The van der Waals surface area contributed by atoms with Crippen molar-refractivity contribution in [3.05, 3.63) is 48.0 Å². The third-order valence-electron chi connectivity index (χ3n) is 5.13. The molecule has 0 spiro atoms. The van der Waals surface area contributed by atoms with Gasteiger partial charge in [0.2, 0.25) is 0 Å². The van der Waals surface area contributed by atoms with Crippen molar-refractivity contribution in [3.63, 3.8) is 0 Å². The minimum Gasteiger partial charge on any atom is -0.508 e. The molecular formula is C20H29N3O2. The summed E-state index contributed by atoms with van der Waals surface area (Å²) in [5.41, 5.74) is 1.30. The van der Waals surface area contributed by atoms with Gasteiger partial charge in [-0.15, -0.1) is 0 Å². The molecule has 1 aromatic carbocycles. The van der Waals surface area contributed by atoms with E-state index >= 15 is 0 Å². The highest BCUT2D eigenvalue weighted by molar-refractivity contribution is 5.25. The highest BCUT2D eigenvalue weighted by Gasteiger charge is 2.23. The van der Waals surface area contributed by atoms with Gasteiger partial charge in [0.05, 0.1) is 13.2 Å². The number of aryl methyl sites for hydroxylation is 1. The highest BCUT2D eigenvalue weighted by Crippen LogP contribution is 2.23. The van der Waals surface area contributed by atoms with Crippen molar-refractivity contribution >= 4 is 0 Å². The van der Waals surface area contributed by atoms with Gasteiger partial charge in [0.15, 0.2) is 0 Å². The van der Waals surface area contributed by atoms with E-state index in [2.05, 4.69) is 14.5 Å². The molecule has 25 heavy (non-hydrogen) atoms. The van der Waals surface area contributed by atoms with Gasteiger partial charge < -0.3 is 14.4 Å². The first-order valence-corrected chi connectivity index (χ1v) is 9.27. The fourth-order valence-corrected chi connectivity index (χ4v) is 3.66. The zero-order chi connectivity index (χ0) is 17.5. The first kappa shape index (κ1) is 18.0. The number of aromatic hydroxyl groups is 1. The van der Waals surface area contributed by atoms with Crippen LogP contribution in [0.15, 0.2) is 36.7 Å². The summed E-state index contributed by atoms with van der Waals surface area (Å²) in [5.74, 6) is 1.47. The topological polar surface area (TPSA) is 50.5 Å². The van der Waals surface area contributed by atoms with Gasteiger partial charge in [-0.3, -0.25) is 4.90 Å². The molecule has 2 heterocycles. The SMILES string of the molecule is COCCn1ccnc1CN1CCCC[C@H]1CCc1ccc(O)cc1. The van der Waals surface area contributed by atoms with Gasteiger partial charge in [0.25, 0.3) is 0 Å². The van der Waals surface area contributed by atoms with Gasteiger partial charge in [0.1, 0.15) is 11.6 Å². The van der Waals surface area contributed by atoms with Crippen LogP contribution in [0.2, 0.25) is 0 Å². The molecule has 1 aromatic heterocycles. The number of ether oxygens (including phenoxy) is 1. The molecule has 1 N–H and O–H groups in total. The molecule has 1 fully saturated rings. The van der Waals surface area contributed by atoms with Crippen LogP contribution in [0.4, 0.5) is 0 Å². The minimum atomic E-state index is 0.339. The van der Waals surface area contributed by atoms with E-state index in [0.29, 0.717) is 18.4 Å². The van der Waals surface area contributed by atoms with E-state index in [1.54, 1.807) is 19.2 Å². The summed E-state index contributed by atoms with van der Waals surface area (Å²) < 4.78 is 7.40. The van der Waals surface area contributed by atoms with Crippen LogP contribution in [0.25, 0.3) is 0 Å². The minimum absolute atomic E-state index is 0.339. The molecule has 0 bridgehead atoms. The Labute approximate surface area is 150 Å². The molecule has 1 aliphatic rings. The second-order valence-electron chi connectivity index (χ2n) is 6.85. The predicted octanol–water partition coefficient (Wildman–Crippen LogP) is 3.22. The number of aromatic nitrogens is 2. The molecular weight excluding hydrogens is 314 g/mol. The Hall–Kier alpha value is -1.85. The number of methoxy groups -OCH3 is 1. The fourth-order valence-electron chi connectivity index (χ4n) is 3.66. The Bertz CT molecular complexity index is 639. The second kappa shape index (κ2) is 9.02. The van der Waals surface area contributed by atoms with E-state index in [1.165, 1.54) is 24.8 Å². The number of benzene rings is 1. The maximum absolute atomic E-state index is 9.42. The van der Waals surface area contributed by atoms with Crippen LogP contribution in [0.3, 0.4) is 0 Å². The molecule has 5 heteroatoms. The lowest BCUT2D eigenvalue weighted by molar-refractivity contribution is 0.125. The number of nitrogens with zero attached hydrogens (tertiary/aromatic N) is 3. The van der Waals surface area contributed by atoms with Crippen molar-refractivity contribution in [2.24, 2.45) is 0 Å².